The number of aromatic hydroxyl groups is 1. The van der Waals surface area contributed by atoms with Crippen LogP contribution < -0.4 is 0 Å². The predicted octanol–water partition coefficient (Wildman–Crippen LogP) is 5.57. The number of rotatable bonds is 5. The summed E-state index contributed by atoms with van der Waals surface area (Å²) in [6.45, 7) is 2.14. The number of phenols is 1. The van der Waals surface area contributed by atoms with Crippen LogP contribution in [0.4, 0.5) is 0 Å². The molecule has 0 radical (unpaired) electrons. The van der Waals surface area contributed by atoms with Crippen molar-refractivity contribution in [1.29, 1.82) is 0 Å². The molecule has 0 amide bonds. The van der Waals surface area contributed by atoms with Crippen molar-refractivity contribution in [3.8, 4) is 5.75 Å². The smallest absolute Gasteiger partial charge is 0.150 e. The van der Waals surface area contributed by atoms with Crippen LogP contribution in [0.1, 0.15) is 40.4 Å². The summed E-state index contributed by atoms with van der Waals surface area (Å²) in [7, 11) is 0. The largest absolute Gasteiger partial charge is 0.508 e. The van der Waals surface area contributed by atoms with Crippen molar-refractivity contribution in [2.45, 2.75) is 13.3 Å². The van der Waals surface area contributed by atoms with Crippen molar-refractivity contribution >= 4 is 17.4 Å². The van der Waals surface area contributed by atoms with Crippen molar-refractivity contribution in [3.63, 3.8) is 0 Å². The summed E-state index contributed by atoms with van der Waals surface area (Å²) in [4.78, 5) is 11.0. The normalized spacial score (nSPS) is 11.7. The molecule has 0 aromatic heterocycles. The average Bonchev–Trinajstić information content (AvgIpc) is 2.68. The molecule has 0 saturated carbocycles. The maximum Gasteiger partial charge on any atom is 0.150 e. The van der Waals surface area contributed by atoms with Gasteiger partial charge in [-0.2, -0.15) is 0 Å². The van der Waals surface area contributed by atoms with Gasteiger partial charge in [0.2, 0.25) is 0 Å². The van der Waals surface area contributed by atoms with Crippen LogP contribution in [0, 0.1) is 0 Å². The second-order valence-electron chi connectivity index (χ2n) is 5.86. The average molecular weight is 328 g/mol. The van der Waals surface area contributed by atoms with Gasteiger partial charge in [0.25, 0.3) is 0 Å². The Kier molecular flexibility index (Phi) is 5.10. The first kappa shape index (κ1) is 16.7. The first-order valence-electron chi connectivity index (χ1n) is 8.36. The van der Waals surface area contributed by atoms with E-state index in [9.17, 15) is 9.90 Å². The van der Waals surface area contributed by atoms with Crippen LogP contribution in [-0.4, -0.2) is 11.4 Å². The van der Waals surface area contributed by atoms with Gasteiger partial charge in [0.15, 0.2) is 0 Å². The molecular weight excluding hydrogens is 308 g/mol. The molecule has 0 spiro atoms. The fraction of sp³-hybridized carbons (Fsp3) is 0.0870. The van der Waals surface area contributed by atoms with Crippen LogP contribution in [0.5, 0.6) is 5.75 Å². The summed E-state index contributed by atoms with van der Waals surface area (Å²) in [6.07, 6.45) is 1.72. The van der Waals surface area contributed by atoms with Gasteiger partial charge in [0, 0.05) is 5.56 Å². The second kappa shape index (κ2) is 7.63. The highest BCUT2D eigenvalue weighted by molar-refractivity contribution is 5.98. The second-order valence-corrected chi connectivity index (χ2v) is 5.86. The summed E-state index contributed by atoms with van der Waals surface area (Å²) in [6, 6.07) is 25.2. The van der Waals surface area contributed by atoms with E-state index in [4.69, 9.17) is 0 Å². The minimum atomic E-state index is 0.247. The lowest BCUT2D eigenvalue weighted by molar-refractivity contribution is 0.112. The molecule has 25 heavy (non-hydrogen) atoms. The van der Waals surface area contributed by atoms with E-state index in [1.165, 1.54) is 11.1 Å². The van der Waals surface area contributed by atoms with Crippen LogP contribution in [0.15, 0.2) is 78.9 Å². The zero-order valence-electron chi connectivity index (χ0n) is 14.1. The number of phenolic OH excluding ortho intramolecular Hbond substituents is 1. The van der Waals surface area contributed by atoms with Crippen molar-refractivity contribution < 1.29 is 9.90 Å². The molecule has 0 aliphatic carbocycles. The number of carbonyl (C=O) groups excluding carboxylic acids is 1. The van der Waals surface area contributed by atoms with E-state index in [2.05, 4.69) is 19.1 Å². The lowest BCUT2D eigenvalue weighted by atomic mass is 9.88. The molecule has 124 valence electrons. The lowest BCUT2D eigenvalue weighted by Crippen LogP contribution is -1.95. The Morgan fingerprint density at radius 2 is 1.36 bits per heavy atom. The Labute approximate surface area is 148 Å². The Hall–Kier alpha value is -3.13. The third-order valence-corrected chi connectivity index (χ3v) is 4.27. The minimum Gasteiger partial charge on any atom is -0.508 e. The highest BCUT2D eigenvalue weighted by atomic mass is 16.3. The van der Waals surface area contributed by atoms with Gasteiger partial charge in [-0.25, -0.2) is 0 Å². The van der Waals surface area contributed by atoms with Gasteiger partial charge in [-0.05, 0) is 46.4 Å². The molecule has 0 saturated heterocycles. The quantitative estimate of drug-likeness (QED) is 0.491. The molecule has 0 heterocycles. The van der Waals surface area contributed by atoms with Crippen molar-refractivity contribution in [3.05, 3.63) is 101 Å². The Balaban J connectivity index is 2.24. The Morgan fingerprint density at radius 1 is 0.800 bits per heavy atom. The summed E-state index contributed by atoms with van der Waals surface area (Å²) in [5.41, 5.74) is 6.27. The third-order valence-electron chi connectivity index (χ3n) is 4.27. The molecule has 0 unspecified atom stereocenters. The van der Waals surface area contributed by atoms with Gasteiger partial charge in [-0.15, -0.1) is 0 Å². The topological polar surface area (TPSA) is 37.3 Å². The number of allylic oxidation sites excluding steroid dienone is 1. The maximum absolute atomic E-state index is 11.0. The molecule has 3 aromatic rings. The molecule has 2 heteroatoms. The molecule has 3 rings (SSSR count). The molecule has 2 nitrogen and oxygen atoms in total. The summed E-state index contributed by atoms with van der Waals surface area (Å²) >= 11 is 0. The number of aldehydes is 1. The van der Waals surface area contributed by atoms with E-state index in [1.54, 1.807) is 12.1 Å². The van der Waals surface area contributed by atoms with Crippen molar-refractivity contribution in [1.82, 2.24) is 0 Å². The van der Waals surface area contributed by atoms with Gasteiger partial charge in [-0.1, -0.05) is 73.7 Å². The Bertz CT molecular complexity index is 874. The fourth-order valence-electron chi connectivity index (χ4n) is 3.04. The highest BCUT2D eigenvalue weighted by Crippen LogP contribution is 2.34. The van der Waals surface area contributed by atoms with Crippen molar-refractivity contribution in [2.75, 3.05) is 0 Å². The van der Waals surface area contributed by atoms with E-state index in [0.717, 1.165) is 29.4 Å². The van der Waals surface area contributed by atoms with Gasteiger partial charge >= 0.3 is 0 Å². The number of hydrogen-bond donors (Lipinski definition) is 1. The van der Waals surface area contributed by atoms with Crippen LogP contribution in [0.3, 0.4) is 0 Å². The first-order chi connectivity index (χ1) is 12.2. The first-order valence-corrected chi connectivity index (χ1v) is 8.36. The van der Waals surface area contributed by atoms with E-state index >= 15 is 0 Å². The monoisotopic (exact) mass is 328 g/mol. The molecule has 3 aromatic carbocycles. The molecule has 1 N–H and O–H groups in total. The molecule has 0 bridgehead atoms. The molecule has 0 fully saturated rings. The van der Waals surface area contributed by atoms with Crippen LogP contribution in [0.2, 0.25) is 0 Å². The molecular formula is C23H20O2. The van der Waals surface area contributed by atoms with E-state index in [-0.39, 0.29) is 5.75 Å². The highest BCUT2D eigenvalue weighted by Gasteiger charge is 2.13. The molecule has 0 aliphatic heterocycles. The van der Waals surface area contributed by atoms with E-state index < -0.39 is 0 Å². The number of benzene rings is 3. The van der Waals surface area contributed by atoms with E-state index in [0.29, 0.717) is 5.56 Å². The number of hydrogen-bond acceptors (Lipinski definition) is 2. The van der Waals surface area contributed by atoms with Gasteiger partial charge in [-0.3, -0.25) is 4.79 Å². The van der Waals surface area contributed by atoms with Gasteiger partial charge < -0.3 is 5.11 Å². The summed E-state index contributed by atoms with van der Waals surface area (Å²) < 4.78 is 0. The maximum atomic E-state index is 11.0. The van der Waals surface area contributed by atoms with Crippen LogP contribution in [0.25, 0.3) is 11.1 Å². The predicted molar refractivity (Wildman–Crippen MR) is 103 cm³/mol. The summed E-state index contributed by atoms with van der Waals surface area (Å²) in [5.74, 6) is 0.247. The van der Waals surface area contributed by atoms with E-state index in [1.807, 2.05) is 54.6 Å². The zero-order valence-corrected chi connectivity index (χ0v) is 14.1. The zero-order chi connectivity index (χ0) is 17.6. The van der Waals surface area contributed by atoms with Crippen molar-refractivity contribution in [2.24, 2.45) is 0 Å². The minimum absolute atomic E-state index is 0.247. The number of carbonyl (C=O) groups is 1. The van der Waals surface area contributed by atoms with Gasteiger partial charge in [0.05, 0.1) is 0 Å². The lowest BCUT2D eigenvalue weighted by Gasteiger charge is -2.16. The van der Waals surface area contributed by atoms with Gasteiger partial charge in [0.1, 0.15) is 12.0 Å². The summed E-state index contributed by atoms with van der Waals surface area (Å²) in [5, 5.41) is 9.64. The standard InChI is InChI=1S/C23H20O2/c1-2-22(18-6-4-3-5-7-18)23(20-12-14-21(25)15-13-20)19-10-8-17(16-24)9-11-19/h3-16,25H,2H2,1H3/b23-22+. The fourth-order valence-corrected chi connectivity index (χ4v) is 3.04. The third kappa shape index (κ3) is 3.69. The SMILES string of the molecule is CC/C(=C(\c1ccc(O)cc1)c1ccc(C=O)cc1)c1ccccc1. The molecule has 0 atom stereocenters. The molecule has 0 aliphatic rings. The van der Waals surface area contributed by atoms with Crippen LogP contribution in [-0.2, 0) is 0 Å². The van der Waals surface area contributed by atoms with Crippen LogP contribution >= 0.6 is 0 Å². The Morgan fingerprint density at radius 3 is 1.88 bits per heavy atom.